The van der Waals surface area contributed by atoms with Crippen molar-refractivity contribution in [2.75, 3.05) is 17.7 Å². The van der Waals surface area contributed by atoms with Crippen molar-refractivity contribution >= 4 is 34.1 Å². The predicted octanol–water partition coefficient (Wildman–Crippen LogP) is 3.67. The van der Waals surface area contributed by atoms with E-state index in [0.717, 1.165) is 11.1 Å². The molecule has 4 nitrogen and oxygen atoms in total. The minimum Gasteiger partial charge on any atom is -0.423 e. The Balaban J connectivity index is 1.95. The number of nitrogens with two attached hydrogens (primary N) is 1. The third kappa shape index (κ3) is 2.17. The van der Waals surface area contributed by atoms with Crippen LogP contribution in [-0.4, -0.2) is 12.0 Å². The third-order valence-corrected chi connectivity index (χ3v) is 4.28. The van der Waals surface area contributed by atoms with Gasteiger partial charge in [-0.1, -0.05) is 6.07 Å². The summed E-state index contributed by atoms with van der Waals surface area (Å²) >= 11 is 1.73. The number of thiophene rings is 1. The Morgan fingerprint density at radius 1 is 1.37 bits per heavy atom. The summed E-state index contributed by atoms with van der Waals surface area (Å²) in [4.78, 5) is 7.80. The van der Waals surface area contributed by atoms with Crippen LogP contribution in [0.3, 0.4) is 0 Å². The molecule has 0 fully saturated rings. The Kier molecular flexibility index (Phi) is 2.91. The molecule has 0 saturated carbocycles. The summed E-state index contributed by atoms with van der Waals surface area (Å²) < 4.78 is 5.77. The van der Waals surface area contributed by atoms with Gasteiger partial charge in [0.2, 0.25) is 0 Å². The normalized spacial score (nSPS) is 12.7. The van der Waals surface area contributed by atoms with Crippen LogP contribution in [0.5, 0.6) is 0 Å². The van der Waals surface area contributed by atoms with Crippen LogP contribution in [0.4, 0.5) is 11.7 Å². The molecule has 0 aliphatic rings. The van der Waals surface area contributed by atoms with E-state index < -0.39 is 0 Å². The Morgan fingerprint density at radius 3 is 2.95 bits per heavy atom. The minimum atomic E-state index is 0.227. The quantitative estimate of drug-likeness (QED) is 0.740. The number of nitrogen functional groups attached to an aromatic ring is 1. The zero-order valence-corrected chi connectivity index (χ0v) is 11.6. The van der Waals surface area contributed by atoms with Gasteiger partial charge in [-0.05, 0) is 30.5 Å². The van der Waals surface area contributed by atoms with Crippen LogP contribution < -0.4 is 10.6 Å². The van der Waals surface area contributed by atoms with E-state index in [1.54, 1.807) is 17.4 Å². The monoisotopic (exact) mass is 273 g/mol. The predicted molar refractivity (Wildman–Crippen MR) is 79.6 cm³/mol. The van der Waals surface area contributed by atoms with Crippen LogP contribution in [0.25, 0.3) is 11.1 Å². The zero-order valence-electron chi connectivity index (χ0n) is 10.8. The maximum atomic E-state index is 5.77. The molecule has 2 N–H and O–H groups in total. The Hall–Kier alpha value is -2.01. The fraction of sp³-hybridized carbons (Fsp3) is 0.214. The highest BCUT2D eigenvalue weighted by Gasteiger charge is 2.18. The van der Waals surface area contributed by atoms with Gasteiger partial charge in [-0.2, -0.15) is 4.98 Å². The number of aromatic nitrogens is 1. The first kappa shape index (κ1) is 12.0. The van der Waals surface area contributed by atoms with Crippen molar-refractivity contribution in [3.63, 3.8) is 0 Å². The van der Waals surface area contributed by atoms with Gasteiger partial charge in [-0.3, -0.25) is 0 Å². The molecule has 1 unspecified atom stereocenters. The minimum absolute atomic E-state index is 0.227. The average molecular weight is 273 g/mol. The lowest BCUT2D eigenvalue weighted by molar-refractivity contribution is 0.560. The second-order valence-corrected chi connectivity index (χ2v) is 5.51. The van der Waals surface area contributed by atoms with Gasteiger partial charge in [-0.15, -0.1) is 11.3 Å². The van der Waals surface area contributed by atoms with E-state index in [-0.39, 0.29) is 6.04 Å². The lowest BCUT2D eigenvalue weighted by atomic mass is 10.2. The second kappa shape index (κ2) is 4.59. The van der Waals surface area contributed by atoms with Gasteiger partial charge in [0.25, 0.3) is 6.01 Å². The fourth-order valence-electron chi connectivity index (χ4n) is 1.97. The van der Waals surface area contributed by atoms with Gasteiger partial charge in [0, 0.05) is 23.7 Å². The summed E-state index contributed by atoms with van der Waals surface area (Å²) in [6, 6.07) is 10.5. The van der Waals surface area contributed by atoms with Crippen molar-refractivity contribution in [1.82, 2.24) is 4.98 Å². The number of nitrogens with zero attached hydrogens (tertiary/aromatic N) is 2. The third-order valence-electron chi connectivity index (χ3n) is 3.24. The smallest absolute Gasteiger partial charge is 0.298 e. The van der Waals surface area contributed by atoms with E-state index in [9.17, 15) is 0 Å². The van der Waals surface area contributed by atoms with Gasteiger partial charge in [0.15, 0.2) is 5.58 Å². The van der Waals surface area contributed by atoms with Crippen molar-refractivity contribution in [2.24, 2.45) is 0 Å². The zero-order chi connectivity index (χ0) is 13.4. The highest BCUT2D eigenvalue weighted by Crippen LogP contribution is 2.30. The van der Waals surface area contributed by atoms with Crippen LogP contribution in [0, 0.1) is 0 Å². The summed E-state index contributed by atoms with van der Waals surface area (Å²) in [5.41, 5.74) is 7.98. The maximum absolute atomic E-state index is 5.77. The molecular formula is C14H15N3OS. The molecule has 0 saturated heterocycles. The number of benzene rings is 1. The molecule has 0 aliphatic heterocycles. The molecule has 2 heterocycles. The molecule has 0 amide bonds. The number of hydrogen-bond donors (Lipinski definition) is 1. The highest BCUT2D eigenvalue weighted by molar-refractivity contribution is 7.10. The van der Waals surface area contributed by atoms with E-state index >= 15 is 0 Å². The fourth-order valence-corrected chi connectivity index (χ4v) is 2.79. The first-order valence-corrected chi connectivity index (χ1v) is 6.95. The largest absolute Gasteiger partial charge is 0.423 e. The first-order valence-electron chi connectivity index (χ1n) is 6.07. The molecule has 3 aromatic rings. The SMILES string of the molecule is CC(c1cccs1)N(C)c1nc2ccc(N)cc2o1. The first-order chi connectivity index (χ1) is 9.15. The van der Waals surface area contributed by atoms with E-state index in [2.05, 4.69) is 29.4 Å². The molecule has 98 valence electrons. The molecule has 0 radical (unpaired) electrons. The van der Waals surface area contributed by atoms with E-state index in [1.807, 2.05) is 24.1 Å². The second-order valence-electron chi connectivity index (χ2n) is 4.53. The number of fused-ring (bicyclic) bond motifs is 1. The molecule has 19 heavy (non-hydrogen) atoms. The molecule has 1 atom stereocenters. The lowest BCUT2D eigenvalue weighted by Gasteiger charge is -2.21. The topological polar surface area (TPSA) is 55.3 Å². The molecule has 2 aromatic heterocycles. The van der Waals surface area contributed by atoms with E-state index in [0.29, 0.717) is 11.7 Å². The van der Waals surface area contributed by atoms with Crippen LogP contribution >= 0.6 is 11.3 Å². The molecule has 1 aromatic carbocycles. The number of hydrogen-bond acceptors (Lipinski definition) is 5. The van der Waals surface area contributed by atoms with Crippen molar-refractivity contribution in [3.8, 4) is 0 Å². The van der Waals surface area contributed by atoms with Crippen molar-refractivity contribution in [1.29, 1.82) is 0 Å². The lowest BCUT2D eigenvalue weighted by Crippen LogP contribution is -2.20. The molecule has 0 spiro atoms. The van der Waals surface area contributed by atoms with Gasteiger partial charge in [0.1, 0.15) is 5.52 Å². The van der Waals surface area contributed by atoms with Crippen molar-refractivity contribution < 1.29 is 4.42 Å². The van der Waals surface area contributed by atoms with Crippen LogP contribution in [0.1, 0.15) is 17.8 Å². The number of rotatable bonds is 3. The van der Waals surface area contributed by atoms with Crippen LogP contribution in [0.2, 0.25) is 0 Å². The Bertz CT molecular complexity index is 690. The summed E-state index contributed by atoms with van der Waals surface area (Å²) in [6.07, 6.45) is 0. The van der Waals surface area contributed by atoms with Crippen molar-refractivity contribution in [3.05, 3.63) is 40.6 Å². The van der Waals surface area contributed by atoms with Crippen LogP contribution in [0.15, 0.2) is 40.1 Å². The summed E-state index contributed by atoms with van der Waals surface area (Å²) in [6.45, 7) is 2.13. The Labute approximate surface area is 115 Å². The van der Waals surface area contributed by atoms with Gasteiger partial charge < -0.3 is 15.1 Å². The average Bonchev–Trinajstić information content (AvgIpc) is 3.05. The molecule has 0 aliphatic carbocycles. The summed E-state index contributed by atoms with van der Waals surface area (Å²) in [5.74, 6) is 0. The molecule has 0 bridgehead atoms. The molecule has 5 heteroatoms. The molecule has 3 rings (SSSR count). The molecular weight excluding hydrogens is 258 g/mol. The van der Waals surface area contributed by atoms with E-state index in [1.165, 1.54) is 4.88 Å². The van der Waals surface area contributed by atoms with Gasteiger partial charge in [0.05, 0.1) is 6.04 Å². The Morgan fingerprint density at radius 2 is 2.21 bits per heavy atom. The number of anilines is 2. The highest BCUT2D eigenvalue weighted by atomic mass is 32.1. The van der Waals surface area contributed by atoms with E-state index in [4.69, 9.17) is 10.2 Å². The number of oxazole rings is 1. The standard InChI is InChI=1S/C14H15N3OS/c1-9(13-4-3-7-19-13)17(2)14-16-11-6-5-10(15)8-12(11)18-14/h3-9H,15H2,1-2H3. The van der Waals surface area contributed by atoms with Gasteiger partial charge in [-0.25, -0.2) is 0 Å². The summed E-state index contributed by atoms with van der Waals surface area (Å²) in [7, 11) is 1.98. The maximum Gasteiger partial charge on any atom is 0.298 e. The van der Waals surface area contributed by atoms with Crippen molar-refractivity contribution in [2.45, 2.75) is 13.0 Å². The van der Waals surface area contributed by atoms with Crippen LogP contribution in [-0.2, 0) is 0 Å². The summed E-state index contributed by atoms with van der Waals surface area (Å²) in [5, 5.41) is 2.08. The van der Waals surface area contributed by atoms with Gasteiger partial charge >= 0.3 is 0 Å².